The highest BCUT2D eigenvalue weighted by Crippen LogP contribution is 2.19. The van der Waals surface area contributed by atoms with Crippen LogP contribution >= 0.6 is 11.3 Å². The van der Waals surface area contributed by atoms with E-state index in [9.17, 15) is 0 Å². The SMILES string of the molecule is COc1cccc(N=Cc2ccsc2)c1. The molecule has 0 spiro atoms. The van der Waals surface area contributed by atoms with Crippen LogP contribution < -0.4 is 4.74 Å². The van der Waals surface area contributed by atoms with E-state index in [0.717, 1.165) is 17.0 Å². The number of rotatable bonds is 3. The normalized spacial score (nSPS) is 10.7. The first-order valence-corrected chi connectivity index (χ1v) is 5.53. The monoisotopic (exact) mass is 217 g/mol. The molecule has 76 valence electrons. The van der Waals surface area contributed by atoms with Crippen molar-refractivity contribution >= 4 is 23.2 Å². The predicted molar refractivity (Wildman–Crippen MR) is 64.6 cm³/mol. The molecule has 0 saturated carbocycles. The molecule has 0 atom stereocenters. The maximum absolute atomic E-state index is 5.12. The molecule has 0 bridgehead atoms. The van der Waals surface area contributed by atoms with Crippen LogP contribution in [0.2, 0.25) is 0 Å². The summed E-state index contributed by atoms with van der Waals surface area (Å²) in [6.07, 6.45) is 1.85. The van der Waals surface area contributed by atoms with Crippen LogP contribution in [-0.4, -0.2) is 13.3 Å². The summed E-state index contributed by atoms with van der Waals surface area (Å²) in [6, 6.07) is 9.73. The van der Waals surface area contributed by atoms with Gasteiger partial charge in [-0.05, 0) is 29.0 Å². The zero-order valence-electron chi connectivity index (χ0n) is 8.38. The second-order valence-electron chi connectivity index (χ2n) is 3.02. The number of ether oxygens (including phenoxy) is 1. The Balaban J connectivity index is 2.17. The largest absolute Gasteiger partial charge is 0.497 e. The number of benzene rings is 1. The van der Waals surface area contributed by atoms with Crippen molar-refractivity contribution in [3.63, 3.8) is 0 Å². The van der Waals surface area contributed by atoms with Gasteiger partial charge in [0, 0.05) is 17.8 Å². The number of nitrogens with zero attached hydrogens (tertiary/aromatic N) is 1. The van der Waals surface area contributed by atoms with Crippen LogP contribution in [0.5, 0.6) is 5.75 Å². The lowest BCUT2D eigenvalue weighted by molar-refractivity contribution is 0.415. The molecule has 15 heavy (non-hydrogen) atoms. The third-order valence-electron chi connectivity index (χ3n) is 1.96. The quantitative estimate of drug-likeness (QED) is 0.721. The first-order chi connectivity index (χ1) is 7.38. The molecule has 2 aromatic rings. The second kappa shape index (κ2) is 4.75. The van der Waals surface area contributed by atoms with Gasteiger partial charge in [0.05, 0.1) is 12.8 Å². The standard InChI is InChI=1S/C12H11NOS/c1-14-12-4-2-3-11(7-12)13-8-10-5-6-15-9-10/h2-9H,1H3. The van der Waals surface area contributed by atoms with Crippen LogP contribution in [0.25, 0.3) is 0 Å². The van der Waals surface area contributed by atoms with Crippen molar-refractivity contribution in [2.45, 2.75) is 0 Å². The molecule has 1 heterocycles. The van der Waals surface area contributed by atoms with Crippen LogP contribution in [0.4, 0.5) is 5.69 Å². The lowest BCUT2D eigenvalue weighted by atomic mass is 10.3. The summed E-state index contributed by atoms with van der Waals surface area (Å²) >= 11 is 1.67. The minimum absolute atomic E-state index is 0.829. The number of methoxy groups -OCH3 is 1. The first kappa shape index (κ1) is 9.93. The Hall–Kier alpha value is -1.61. The fourth-order valence-corrected chi connectivity index (χ4v) is 1.80. The molecule has 0 aliphatic carbocycles. The zero-order chi connectivity index (χ0) is 10.5. The van der Waals surface area contributed by atoms with Crippen LogP contribution in [0.3, 0.4) is 0 Å². The van der Waals surface area contributed by atoms with Gasteiger partial charge in [0.2, 0.25) is 0 Å². The third-order valence-corrected chi connectivity index (χ3v) is 2.66. The molecule has 3 heteroatoms. The molecule has 0 N–H and O–H groups in total. The molecular weight excluding hydrogens is 206 g/mol. The first-order valence-electron chi connectivity index (χ1n) is 4.59. The van der Waals surface area contributed by atoms with E-state index in [-0.39, 0.29) is 0 Å². The third kappa shape index (κ3) is 2.67. The van der Waals surface area contributed by atoms with Gasteiger partial charge in [-0.3, -0.25) is 4.99 Å². The van der Waals surface area contributed by atoms with E-state index in [2.05, 4.69) is 10.4 Å². The van der Waals surface area contributed by atoms with Crippen molar-refractivity contribution < 1.29 is 4.74 Å². The molecule has 0 aliphatic rings. The van der Waals surface area contributed by atoms with Crippen LogP contribution in [-0.2, 0) is 0 Å². The molecule has 2 nitrogen and oxygen atoms in total. The van der Waals surface area contributed by atoms with Gasteiger partial charge >= 0.3 is 0 Å². The maximum Gasteiger partial charge on any atom is 0.121 e. The van der Waals surface area contributed by atoms with Gasteiger partial charge in [-0.25, -0.2) is 0 Å². The molecule has 2 rings (SSSR count). The number of hydrogen-bond donors (Lipinski definition) is 0. The summed E-state index contributed by atoms with van der Waals surface area (Å²) in [4.78, 5) is 4.36. The van der Waals surface area contributed by atoms with Crippen molar-refractivity contribution in [2.24, 2.45) is 4.99 Å². The molecule has 0 saturated heterocycles. The molecule has 0 fully saturated rings. The molecule has 0 aliphatic heterocycles. The Labute approximate surface area is 92.9 Å². The smallest absolute Gasteiger partial charge is 0.121 e. The summed E-state index contributed by atoms with van der Waals surface area (Å²) in [6.45, 7) is 0. The van der Waals surface area contributed by atoms with Gasteiger partial charge in [0.1, 0.15) is 5.75 Å². The average molecular weight is 217 g/mol. The second-order valence-corrected chi connectivity index (χ2v) is 3.80. The molecule has 0 unspecified atom stereocenters. The summed E-state index contributed by atoms with van der Waals surface area (Å²) in [7, 11) is 1.65. The fraction of sp³-hybridized carbons (Fsp3) is 0.0833. The minimum atomic E-state index is 0.829. The van der Waals surface area contributed by atoms with E-state index in [0.29, 0.717) is 0 Å². The van der Waals surface area contributed by atoms with Crippen LogP contribution in [0.1, 0.15) is 5.56 Å². The highest BCUT2D eigenvalue weighted by atomic mass is 32.1. The molecule has 1 aromatic carbocycles. The summed E-state index contributed by atoms with van der Waals surface area (Å²) in [5, 5.41) is 4.09. The Morgan fingerprint density at radius 3 is 3.00 bits per heavy atom. The topological polar surface area (TPSA) is 21.6 Å². The highest BCUT2D eigenvalue weighted by molar-refractivity contribution is 7.08. The Morgan fingerprint density at radius 1 is 1.33 bits per heavy atom. The van der Waals surface area contributed by atoms with Gasteiger partial charge < -0.3 is 4.74 Å². The van der Waals surface area contributed by atoms with Crippen LogP contribution in [0.15, 0.2) is 46.1 Å². The Bertz CT molecular complexity index is 448. The molecule has 1 aromatic heterocycles. The van der Waals surface area contributed by atoms with E-state index >= 15 is 0 Å². The molecular formula is C12H11NOS. The van der Waals surface area contributed by atoms with Crippen molar-refractivity contribution in [1.82, 2.24) is 0 Å². The van der Waals surface area contributed by atoms with Crippen molar-refractivity contribution in [2.75, 3.05) is 7.11 Å². The van der Waals surface area contributed by atoms with E-state index in [4.69, 9.17) is 4.74 Å². The predicted octanol–water partition coefficient (Wildman–Crippen LogP) is 3.51. The van der Waals surface area contributed by atoms with E-state index in [1.807, 2.05) is 41.9 Å². The van der Waals surface area contributed by atoms with E-state index < -0.39 is 0 Å². The maximum atomic E-state index is 5.12. The number of hydrogen-bond acceptors (Lipinski definition) is 3. The lowest BCUT2D eigenvalue weighted by Crippen LogP contribution is -1.80. The average Bonchev–Trinajstić information content (AvgIpc) is 2.79. The van der Waals surface area contributed by atoms with Gasteiger partial charge in [0.25, 0.3) is 0 Å². The van der Waals surface area contributed by atoms with Crippen molar-refractivity contribution in [3.05, 3.63) is 46.7 Å². The fourth-order valence-electron chi connectivity index (χ4n) is 1.19. The summed E-state index contributed by atoms with van der Waals surface area (Å²) in [5.41, 5.74) is 2.03. The van der Waals surface area contributed by atoms with Gasteiger partial charge in [0.15, 0.2) is 0 Å². The summed E-state index contributed by atoms with van der Waals surface area (Å²) in [5.74, 6) is 0.829. The minimum Gasteiger partial charge on any atom is -0.497 e. The van der Waals surface area contributed by atoms with Gasteiger partial charge in [-0.1, -0.05) is 6.07 Å². The van der Waals surface area contributed by atoms with E-state index in [1.54, 1.807) is 18.4 Å². The number of thiophene rings is 1. The van der Waals surface area contributed by atoms with Gasteiger partial charge in [-0.15, -0.1) is 0 Å². The van der Waals surface area contributed by atoms with Gasteiger partial charge in [-0.2, -0.15) is 11.3 Å². The highest BCUT2D eigenvalue weighted by Gasteiger charge is 1.92. The van der Waals surface area contributed by atoms with Crippen LogP contribution in [0, 0.1) is 0 Å². The summed E-state index contributed by atoms with van der Waals surface area (Å²) < 4.78 is 5.12. The Kier molecular flexibility index (Phi) is 3.15. The molecule has 0 amide bonds. The van der Waals surface area contributed by atoms with Crippen molar-refractivity contribution in [1.29, 1.82) is 0 Å². The Morgan fingerprint density at radius 2 is 2.27 bits per heavy atom. The lowest BCUT2D eigenvalue weighted by Gasteiger charge is -1.99. The number of aliphatic imine (C=N–C) groups is 1. The molecule has 0 radical (unpaired) electrons. The van der Waals surface area contributed by atoms with E-state index in [1.165, 1.54) is 0 Å². The van der Waals surface area contributed by atoms with Crippen molar-refractivity contribution in [3.8, 4) is 5.75 Å². The zero-order valence-corrected chi connectivity index (χ0v) is 9.20.